The summed E-state index contributed by atoms with van der Waals surface area (Å²) < 4.78 is 31.7. The summed E-state index contributed by atoms with van der Waals surface area (Å²) in [6.07, 6.45) is 1.97. The van der Waals surface area contributed by atoms with E-state index in [0.29, 0.717) is 18.7 Å². The van der Waals surface area contributed by atoms with E-state index in [1.54, 1.807) is 19.2 Å². The number of sulfonamides is 1. The monoisotopic (exact) mass is 311 g/mol. The Labute approximate surface area is 126 Å². The number of hydrogen-bond donors (Lipinski definition) is 0. The average Bonchev–Trinajstić information content (AvgIpc) is 2.48. The van der Waals surface area contributed by atoms with Gasteiger partial charge in [0.2, 0.25) is 10.0 Å². The van der Waals surface area contributed by atoms with Gasteiger partial charge >= 0.3 is 0 Å². The van der Waals surface area contributed by atoms with Crippen LogP contribution in [0.2, 0.25) is 0 Å². The summed E-state index contributed by atoms with van der Waals surface area (Å²) in [5, 5.41) is 0. The van der Waals surface area contributed by atoms with Crippen LogP contribution in [0.3, 0.4) is 0 Å². The standard InChI is InChI=1S/C15H21NO4S/c1-12(17)14-5-7-15(8-6-14)21(18,19)16(2)10-13-4-3-9-20-11-13/h5-8,13H,3-4,9-11H2,1-2H3. The van der Waals surface area contributed by atoms with E-state index in [1.165, 1.54) is 23.4 Å². The number of ether oxygens (including phenoxy) is 1. The fourth-order valence-corrected chi connectivity index (χ4v) is 3.70. The Morgan fingerprint density at radius 3 is 2.52 bits per heavy atom. The molecule has 1 aromatic carbocycles. The maximum Gasteiger partial charge on any atom is 0.242 e. The van der Waals surface area contributed by atoms with Gasteiger partial charge in [-0.15, -0.1) is 0 Å². The van der Waals surface area contributed by atoms with E-state index in [-0.39, 0.29) is 16.6 Å². The summed E-state index contributed by atoms with van der Waals surface area (Å²) in [5.74, 6) is 0.168. The zero-order valence-corrected chi connectivity index (χ0v) is 13.2. The van der Waals surface area contributed by atoms with Crippen molar-refractivity contribution in [1.29, 1.82) is 0 Å². The maximum atomic E-state index is 12.5. The van der Waals surface area contributed by atoms with Crippen molar-refractivity contribution in [3.8, 4) is 0 Å². The molecule has 0 N–H and O–H groups in total. The molecule has 0 aromatic heterocycles. The first-order valence-electron chi connectivity index (χ1n) is 7.06. The highest BCUT2D eigenvalue weighted by Crippen LogP contribution is 2.20. The van der Waals surface area contributed by atoms with E-state index in [9.17, 15) is 13.2 Å². The number of ketones is 1. The van der Waals surface area contributed by atoms with Crippen LogP contribution in [0, 0.1) is 5.92 Å². The lowest BCUT2D eigenvalue weighted by atomic mass is 10.0. The number of benzene rings is 1. The third kappa shape index (κ3) is 3.90. The van der Waals surface area contributed by atoms with Gasteiger partial charge in [-0.1, -0.05) is 12.1 Å². The Kier molecular flexibility index (Phi) is 5.13. The zero-order chi connectivity index (χ0) is 15.5. The molecule has 116 valence electrons. The predicted octanol–water partition coefficient (Wildman–Crippen LogP) is 1.94. The molecule has 1 fully saturated rings. The topological polar surface area (TPSA) is 63.7 Å². The van der Waals surface area contributed by atoms with Crippen molar-refractivity contribution in [1.82, 2.24) is 4.31 Å². The van der Waals surface area contributed by atoms with Gasteiger partial charge in [0, 0.05) is 25.8 Å². The van der Waals surface area contributed by atoms with Gasteiger partial charge in [-0.25, -0.2) is 12.7 Å². The van der Waals surface area contributed by atoms with Crippen molar-refractivity contribution in [3.63, 3.8) is 0 Å². The first kappa shape index (κ1) is 16.1. The van der Waals surface area contributed by atoms with Crippen LogP contribution in [-0.2, 0) is 14.8 Å². The van der Waals surface area contributed by atoms with Crippen molar-refractivity contribution < 1.29 is 17.9 Å². The van der Waals surface area contributed by atoms with Gasteiger partial charge < -0.3 is 4.74 Å². The molecule has 1 atom stereocenters. The zero-order valence-electron chi connectivity index (χ0n) is 12.4. The molecule has 0 amide bonds. The highest BCUT2D eigenvalue weighted by molar-refractivity contribution is 7.89. The number of rotatable bonds is 5. The number of carbonyl (C=O) groups is 1. The molecule has 2 rings (SSSR count). The van der Waals surface area contributed by atoms with Crippen molar-refractivity contribution in [2.45, 2.75) is 24.7 Å². The first-order chi connectivity index (χ1) is 9.91. The van der Waals surface area contributed by atoms with Gasteiger partial charge in [0.15, 0.2) is 5.78 Å². The van der Waals surface area contributed by atoms with Crippen LogP contribution in [0.4, 0.5) is 0 Å². The molecule has 21 heavy (non-hydrogen) atoms. The van der Waals surface area contributed by atoms with Crippen LogP contribution < -0.4 is 0 Å². The summed E-state index contributed by atoms with van der Waals surface area (Å²) >= 11 is 0. The van der Waals surface area contributed by atoms with Crippen LogP contribution in [0.1, 0.15) is 30.1 Å². The number of hydrogen-bond acceptors (Lipinski definition) is 4. The van der Waals surface area contributed by atoms with Gasteiger partial charge in [-0.2, -0.15) is 0 Å². The van der Waals surface area contributed by atoms with Gasteiger partial charge in [0.05, 0.1) is 11.5 Å². The molecule has 1 unspecified atom stereocenters. The minimum atomic E-state index is -3.51. The summed E-state index contributed by atoms with van der Waals surface area (Å²) in [5.41, 5.74) is 0.511. The Morgan fingerprint density at radius 1 is 1.33 bits per heavy atom. The first-order valence-corrected chi connectivity index (χ1v) is 8.50. The molecule has 0 saturated carbocycles. The Hall–Kier alpha value is -1.24. The molecule has 1 aliphatic rings. The molecular weight excluding hydrogens is 290 g/mol. The minimum absolute atomic E-state index is 0.0772. The smallest absolute Gasteiger partial charge is 0.242 e. The molecule has 1 heterocycles. The van der Waals surface area contributed by atoms with Crippen molar-refractivity contribution in [3.05, 3.63) is 29.8 Å². The van der Waals surface area contributed by atoms with Crippen LogP contribution in [0.5, 0.6) is 0 Å². The fraction of sp³-hybridized carbons (Fsp3) is 0.533. The van der Waals surface area contributed by atoms with E-state index >= 15 is 0 Å². The third-order valence-corrected chi connectivity index (χ3v) is 5.58. The van der Waals surface area contributed by atoms with Crippen molar-refractivity contribution in [2.75, 3.05) is 26.8 Å². The second-order valence-corrected chi connectivity index (χ2v) is 7.49. The molecule has 0 radical (unpaired) electrons. The van der Waals surface area contributed by atoms with E-state index in [4.69, 9.17) is 4.74 Å². The van der Waals surface area contributed by atoms with Crippen LogP contribution >= 0.6 is 0 Å². The summed E-state index contributed by atoms with van der Waals surface area (Å²) in [7, 11) is -1.93. The van der Waals surface area contributed by atoms with Gasteiger partial charge in [0.1, 0.15) is 0 Å². The second-order valence-electron chi connectivity index (χ2n) is 5.45. The number of Topliss-reactive ketones (excluding diaryl/α,β-unsaturated/α-hetero) is 1. The molecule has 6 heteroatoms. The van der Waals surface area contributed by atoms with Crippen LogP contribution in [0.25, 0.3) is 0 Å². The third-order valence-electron chi connectivity index (χ3n) is 3.74. The van der Waals surface area contributed by atoms with Gasteiger partial charge in [-0.05, 0) is 37.8 Å². The quantitative estimate of drug-likeness (QED) is 0.780. The van der Waals surface area contributed by atoms with Crippen molar-refractivity contribution in [2.24, 2.45) is 5.92 Å². The highest BCUT2D eigenvalue weighted by Gasteiger charge is 2.25. The lowest BCUT2D eigenvalue weighted by Gasteiger charge is -2.26. The minimum Gasteiger partial charge on any atom is -0.381 e. The molecule has 1 aliphatic heterocycles. The Balaban J connectivity index is 2.10. The van der Waals surface area contributed by atoms with Gasteiger partial charge in [0.25, 0.3) is 0 Å². The molecule has 5 nitrogen and oxygen atoms in total. The van der Waals surface area contributed by atoms with E-state index in [2.05, 4.69) is 0 Å². The van der Waals surface area contributed by atoms with E-state index in [0.717, 1.165) is 19.4 Å². The molecule has 0 aliphatic carbocycles. The molecular formula is C15H21NO4S. The molecule has 0 spiro atoms. The normalized spacial score (nSPS) is 19.7. The highest BCUT2D eigenvalue weighted by atomic mass is 32.2. The molecule has 1 saturated heterocycles. The van der Waals surface area contributed by atoms with Gasteiger partial charge in [-0.3, -0.25) is 4.79 Å². The van der Waals surface area contributed by atoms with Crippen LogP contribution in [-0.4, -0.2) is 45.3 Å². The van der Waals surface area contributed by atoms with E-state index < -0.39 is 10.0 Å². The fourth-order valence-electron chi connectivity index (χ4n) is 2.45. The molecule has 0 bridgehead atoms. The Bertz CT molecular complexity index is 589. The largest absolute Gasteiger partial charge is 0.381 e. The predicted molar refractivity (Wildman–Crippen MR) is 79.8 cm³/mol. The van der Waals surface area contributed by atoms with E-state index in [1.807, 2.05) is 0 Å². The summed E-state index contributed by atoms with van der Waals surface area (Å²) in [4.78, 5) is 11.4. The second kappa shape index (κ2) is 6.68. The Morgan fingerprint density at radius 2 is 2.00 bits per heavy atom. The lowest BCUT2D eigenvalue weighted by Crippen LogP contribution is -2.35. The van der Waals surface area contributed by atoms with Crippen molar-refractivity contribution >= 4 is 15.8 Å². The SMILES string of the molecule is CC(=O)c1ccc(S(=O)(=O)N(C)CC2CCCOC2)cc1. The molecule has 1 aromatic rings. The lowest BCUT2D eigenvalue weighted by molar-refractivity contribution is 0.0495. The summed E-state index contributed by atoms with van der Waals surface area (Å²) in [6.45, 7) is 3.29. The van der Waals surface area contributed by atoms with Crippen LogP contribution in [0.15, 0.2) is 29.2 Å². The number of nitrogens with zero attached hydrogens (tertiary/aromatic N) is 1. The number of carbonyl (C=O) groups excluding carboxylic acids is 1. The average molecular weight is 311 g/mol. The maximum absolute atomic E-state index is 12.5. The summed E-state index contributed by atoms with van der Waals surface area (Å²) in [6, 6.07) is 6.07.